The number of amides is 3. The third kappa shape index (κ3) is 6.10. The zero-order chi connectivity index (χ0) is 30.6. The first-order valence-corrected chi connectivity index (χ1v) is 15.0. The highest BCUT2D eigenvalue weighted by molar-refractivity contribution is 6.42. The topological polar surface area (TPSA) is 60.9 Å². The van der Waals surface area contributed by atoms with Crippen molar-refractivity contribution in [2.24, 2.45) is 11.3 Å². The lowest BCUT2D eigenvalue weighted by Gasteiger charge is -2.34. The van der Waals surface area contributed by atoms with Gasteiger partial charge in [0.2, 0.25) is 11.8 Å². The van der Waals surface area contributed by atoms with Gasteiger partial charge in [0.05, 0.1) is 26.7 Å². The van der Waals surface area contributed by atoms with Crippen LogP contribution in [0.25, 0.3) is 0 Å². The summed E-state index contributed by atoms with van der Waals surface area (Å²) in [5, 5.41) is 0.183. The average molecular weight is 645 g/mol. The number of carbonyl (C=O) groups excluding carboxylic acids is 3. The van der Waals surface area contributed by atoms with E-state index in [1.165, 1.54) is 18.0 Å². The van der Waals surface area contributed by atoms with Crippen LogP contribution in [-0.2, 0) is 15.8 Å². The van der Waals surface area contributed by atoms with E-state index in [0.29, 0.717) is 42.5 Å². The molecule has 0 spiro atoms. The van der Waals surface area contributed by atoms with Crippen LogP contribution in [0.5, 0.6) is 0 Å². The maximum Gasteiger partial charge on any atom is 0.417 e. The van der Waals surface area contributed by atoms with Gasteiger partial charge in [0.25, 0.3) is 5.91 Å². The van der Waals surface area contributed by atoms with Crippen molar-refractivity contribution in [3.8, 4) is 0 Å². The van der Waals surface area contributed by atoms with E-state index in [-0.39, 0.29) is 41.2 Å². The van der Waals surface area contributed by atoms with Crippen LogP contribution in [0.15, 0.2) is 36.4 Å². The van der Waals surface area contributed by atoms with Gasteiger partial charge >= 0.3 is 6.18 Å². The highest BCUT2D eigenvalue weighted by atomic mass is 35.5. The molecule has 1 saturated carbocycles. The molecule has 2 atom stereocenters. The third-order valence-electron chi connectivity index (χ3n) is 8.96. The fourth-order valence-corrected chi connectivity index (χ4v) is 6.56. The highest BCUT2D eigenvalue weighted by Gasteiger charge is 2.48. The Labute approximate surface area is 257 Å². The standard InChI is InChI=1S/C30H31Cl3F3N3O3/c1-29(9-10-29)28(42)38-11-7-17(8-12-38)27(41)39-15-20(18-3-6-23(32)24(33)14-18)25(16-39)37(2)26(40)19-4-5-22(31)21(13-19)30(34,35)36/h3-6,13-14,17,20,25H,7-12,15-16H2,1-2H3. The van der Waals surface area contributed by atoms with Crippen LogP contribution in [-0.4, -0.2) is 71.7 Å². The Morgan fingerprint density at radius 3 is 2.14 bits per heavy atom. The Morgan fingerprint density at radius 2 is 1.55 bits per heavy atom. The Hall–Kier alpha value is -2.49. The number of benzene rings is 2. The van der Waals surface area contributed by atoms with Crippen LogP contribution in [0, 0.1) is 11.3 Å². The molecule has 3 amide bonds. The van der Waals surface area contributed by atoms with Crippen molar-refractivity contribution in [3.63, 3.8) is 0 Å². The lowest BCUT2D eigenvalue weighted by atomic mass is 9.93. The molecule has 0 radical (unpaired) electrons. The quantitative estimate of drug-likeness (QED) is 0.361. The van der Waals surface area contributed by atoms with Gasteiger partial charge in [-0.05, 0) is 61.6 Å². The van der Waals surface area contributed by atoms with Gasteiger partial charge in [0.1, 0.15) is 0 Å². The summed E-state index contributed by atoms with van der Waals surface area (Å²) >= 11 is 18.2. The highest BCUT2D eigenvalue weighted by Crippen LogP contribution is 2.47. The number of likely N-dealkylation sites (N-methyl/N-ethyl adjacent to an activating group) is 1. The SMILES string of the molecule is CN(C(=O)c1ccc(Cl)c(C(F)(F)F)c1)C1CN(C(=O)C2CCN(C(=O)C3(C)CC3)CC2)CC1c1ccc(Cl)c(Cl)c1. The van der Waals surface area contributed by atoms with Gasteiger partial charge in [0, 0.05) is 56.0 Å². The first-order valence-electron chi connectivity index (χ1n) is 13.9. The minimum absolute atomic E-state index is 0.0565. The predicted molar refractivity (Wildman–Crippen MR) is 155 cm³/mol. The van der Waals surface area contributed by atoms with Crippen LogP contribution in [0.4, 0.5) is 13.2 Å². The Morgan fingerprint density at radius 1 is 0.905 bits per heavy atom. The molecule has 6 nitrogen and oxygen atoms in total. The molecule has 2 saturated heterocycles. The van der Waals surface area contributed by atoms with Crippen molar-refractivity contribution < 1.29 is 27.6 Å². The summed E-state index contributed by atoms with van der Waals surface area (Å²) in [5.41, 5.74) is -0.746. The first-order chi connectivity index (χ1) is 19.7. The minimum Gasteiger partial charge on any atom is -0.342 e. The van der Waals surface area contributed by atoms with Gasteiger partial charge in [-0.25, -0.2) is 0 Å². The van der Waals surface area contributed by atoms with Crippen LogP contribution < -0.4 is 0 Å². The van der Waals surface area contributed by atoms with E-state index in [2.05, 4.69) is 0 Å². The zero-order valence-corrected chi connectivity index (χ0v) is 25.5. The zero-order valence-electron chi connectivity index (χ0n) is 23.2. The molecule has 0 bridgehead atoms. The maximum atomic E-state index is 13.7. The molecule has 226 valence electrons. The molecule has 5 rings (SSSR count). The van der Waals surface area contributed by atoms with E-state index in [1.807, 2.05) is 11.8 Å². The number of hydrogen-bond donors (Lipinski definition) is 0. The van der Waals surface area contributed by atoms with E-state index in [1.54, 1.807) is 23.1 Å². The first kappa shape index (κ1) is 31.0. The number of rotatable bonds is 5. The minimum atomic E-state index is -4.72. The van der Waals surface area contributed by atoms with Crippen molar-refractivity contribution in [1.29, 1.82) is 0 Å². The molecule has 0 N–H and O–H groups in total. The van der Waals surface area contributed by atoms with Crippen LogP contribution in [0.3, 0.4) is 0 Å². The van der Waals surface area contributed by atoms with E-state index < -0.39 is 28.7 Å². The average Bonchev–Trinajstić information content (AvgIpc) is 3.55. The number of piperidine rings is 1. The summed E-state index contributed by atoms with van der Waals surface area (Å²) in [5.74, 6) is -1.14. The Kier molecular flexibility index (Phi) is 8.51. The summed E-state index contributed by atoms with van der Waals surface area (Å²) < 4.78 is 40.5. The molecule has 1 aliphatic carbocycles. The number of carbonyl (C=O) groups is 3. The summed E-state index contributed by atoms with van der Waals surface area (Å²) in [7, 11) is 1.52. The van der Waals surface area contributed by atoms with Gasteiger partial charge in [-0.1, -0.05) is 47.8 Å². The fourth-order valence-electron chi connectivity index (χ4n) is 6.03. The lowest BCUT2D eigenvalue weighted by Crippen LogP contribution is -2.46. The van der Waals surface area contributed by atoms with E-state index in [9.17, 15) is 27.6 Å². The molecular weight excluding hydrogens is 614 g/mol. The second kappa shape index (κ2) is 11.5. The second-order valence-corrected chi connectivity index (χ2v) is 13.0. The summed E-state index contributed by atoms with van der Waals surface area (Å²) in [6.45, 7) is 3.52. The molecule has 42 heavy (non-hydrogen) atoms. The van der Waals surface area contributed by atoms with Crippen LogP contribution >= 0.6 is 34.8 Å². The monoisotopic (exact) mass is 643 g/mol. The smallest absolute Gasteiger partial charge is 0.342 e. The molecule has 0 aromatic heterocycles. The van der Waals surface area contributed by atoms with E-state index >= 15 is 0 Å². The van der Waals surface area contributed by atoms with Crippen LogP contribution in [0.2, 0.25) is 15.1 Å². The van der Waals surface area contributed by atoms with Gasteiger partial charge in [-0.3, -0.25) is 14.4 Å². The van der Waals surface area contributed by atoms with Gasteiger partial charge in [-0.15, -0.1) is 0 Å². The molecule has 3 fully saturated rings. The molecule has 2 heterocycles. The maximum absolute atomic E-state index is 13.7. The van der Waals surface area contributed by atoms with Crippen molar-refractivity contribution in [3.05, 3.63) is 68.2 Å². The molecule has 2 unspecified atom stereocenters. The normalized spacial score (nSPS) is 22.3. The van der Waals surface area contributed by atoms with Gasteiger partial charge in [0.15, 0.2) is 0 Å². The largest absolute Gasteiger partial charge is 0.417 e. The van der Waals surface area contributed by atoms with Gasteiger partial charge in [-0.2, -0.15) is 13.2 Å². The third-order valence-corrected chi connectivity index (χ3v) is 10.0. The summed E-state index contributed by atoms with van der Waals surface area (Å²) in [4.78, 5) is 45.0. The number of halogens is 6. The van der Waals surface area contributed by atoms with E-state index in [0.717, 1.165) is 30.5 Å². The molecular formula is C30H31Cl3F3N3O3. The van der Waals surface area contributed by atoms with E-state index in [4.69, 9.17) is 34.8 Å². The molecule has 12 heteroatoms. The molecule has 3 aliphatic rings. The number of alkyl halides is 3. The number of likely N-dealkylation sites (tertiary alicyclic amines) is 2. The Balaban J connectivity index is 1.36. The second-order valence-electron chi connectivity index (χ2n) is 11.8. The number of hydrogen-bond acceptors (Lipinski definition) is 3. The van der Waals surface area contributed by atoms with Gasteiger partial charge < -0.3 is 14.7 Å². The van der Waals surface area contributed by atoms with Crippen molar-refractivity contribution in [1.82, 2.24) is 14.7 Å². The van der Waals surface area contributed by atoms with Crippen molar-refractivity contribution in [2.45, 2.75) is 50.7 Å². The van der Waals surface area contributed by atoms with Crippen molar-refractivity contribution in [2.75, 3.05) is 33.2 Å². The lowest BCUT2D eigenvalue weighted by molar-refractivity contribution is -0.142. The van der Waals surface area contributed by atoms with Crippen molar-refractivity contribution >= 4 is 52.5 Å². The summed E-state index contributed by atoms with van der Waals surface area (Å²) in [6.07, 6.45) is -1.81. The fraction of sp³-hybridized carbons (Fsp3) is 0.500. The predicted octanol–water partition coefficient (Wildman–Crippen LogP) is 6.77. The molecule has 2 aromatic rings. The number of nitrogens with zero attached hydrogens (tertiary/aromatic N) is 3. The summed E-state index contributed by atoms with van der Waals surface area (Å²) in [6, 6.07) is 7.66. The molecule has 2 aromatic carbocycles. The Bertz CT molecular complexity index is 1410. The molecule has 2 aliphatic heterocycles. The van der Waals surface area contributed by atoms with Crippen LogP contribution in [0.1, 0.15) is 60.0 Å².